The van der Waals surface area contributed by atoms with Gasteiger partial charge >= 0.3 is 0 Å². The second-order valence-corrected chi connectivity index (χ2v) is 4.19. The Morgan fingerprint density at radius 1 is 1.09 bits per heavy atom. The van der Waals surface area contributed by atoms with E-state index < -0.39 is 17.3 Å². The molecule has 1 atom stereocenters. The maximum Gasteiger partial charge on any atom is 0.0850 e. The largest absolute Gasteiger partial charge is 0.390 e. The quantitative estimate of drug-likeness (QED) is 0.558. The lowest BCUT2D eigenvalue weighted by atomic mass is 9.91. The van der Waals surface area contributed by atoms with Crippen LogP contribution >= 0.6 is 0 Å². The molecule has 0 radical (unpaired) electrons. The minimum atomic E-state index is -1.14. The number of rotatable bonds is 3. The van der Waals surface area contributed by atoms with Crippen molar-refractivity contribution in [2.24, 2.45) is 0 Å². The van der Waals surface area contributed by atoms with E-state index in [4.69, 9.17) is 0 Å². The van der Waals surface area contributed by atoms with Crippen molar-refractivity contribution >= 4 is 0 Å². The third-order valence-corrected chi connectivity index (χ3v) is 1.51. The van der Waals surface area contributed by atoms with Gasteiger partial charge in [0.25, 0.3) is 0 Å². The highest BCUT2D eigenvalue weighted by Crippen LogP contribution is 2.18. The van der Waals surface area contributed by atoms with E-state index in [-0.39, 0.29) is 6.42 Å². The fourth-order valence-electron chi connectivity index (χ4n) is 0.723. The maximum absolute atomic E-state index is 9.31. The van der Waals surface area contributed by atoms with Crippen LogP contribution in [0.5, 0.6) is 0 Å². The summed E-state index contributed by atoms with van der Waals surface area (Å²) in [6.07, 6.45) is -0.709. The molecule has 68 valence electrons. The Morgan fingerprint density at radius 2 is 1.45 bits per heavy atom. The van der Waals surface area contributed by atoms with Crippen LogP contribution in [0.25, 0.3) is 0 Å². The Labute approximate surface area is 67.7 Å². The van der Waals surface area contributed by atoms with E-state index in [0.29, 0.717) is 0 Å². The monoisotopic (exact) mass is 162 g/mol. The van der Waals surface area contributed by atoms with Crippen LogP contribution in [-0.4, -0.2) is 32.6 Å². The van der Waals surface area contributed by atoms with Crippen molar-refractivity contribution in [3.63, 3.8) is 0 Å². The van der Waals surface area contributed by atoms with Gasteiger partial charge < -0.3 is 15.3 Å². The minimum absolute atomic E-state index is 0.177. The van der Waals surface area contributed by atoms with Crippen LogP contribution in [0.15, 0.2) is 0 Å². The first-order chi connectivity index (χ1) is 4.63. The van der Waals surface area contributed by atoms with E-state index >= 15 is 0 Å². The van der Waals surface area contributed by atoms with Crippen LogP contribution in [0.4, 0.5) is 0 Å². The Morgan fingerprint density at radius 3 is 1.55 bits per heavy atom. The van der Waals surface area contributed by atoms with E-state index in [0.717, 1.165) is 0 Å². The zero-order valence-corrected chi connectivity index (χ0v) is 7.63. The van der Waals surface area contributed by atoms with Crippen LogP contribution in [0.2, 0.25) is 0 Å². The van der Waals surface area contributed by atoms with Crippen molar-refractivity contribution in [3.05, 3.63) is 0 Å². The van der Waals surface area contributed by atoms with Crippen molar-refractivity contribution in [2.75, 3.05) is 0 Å². The molecule has 0 saturated carbocycles. The van der Waals surface area contributed by atoms with Gasteiger partial charge in [-0.25, -0.2) is 0 Å². The molecule has 0 unspecified atom stereocenters. The zero-order valence-electron chi connectivity index (χ0n) is 7.63. The second kappa shape index (κ2) is 3.09. The molecule has 0 bridgehead atoms. The van der Waals surface area contributed by atoms with Gasteiger partial charge in [0.2, 0.25) is 0 Å². The van der Waals surface area contributed by atoms with E-state index in [1.807, 2.05) is 0 Å². The molecular weight excluding hydrogens is 144 g/mol. The van der Waals surface area contributed by atoms with Crippen LogP contribution in [0.3, 0.4) is 0 Å². The van der Waals surface area contributed by atoms with E-state index in [1.165, 1.54) is 13.8 Å². The molecule has 3 N–H and O–H groups in total. The predicted molar refractivity (Wildman–Crippen MR) is 43.2 cm³/mol. The Kier molecular flexibility index (Phi) is 3.06. The normalized spacial score (nSPS) is 16.6. The Balaban J connectivity index is 3.99. The predicted octanol–water partition coefficient (Wildman–Crippen LogP) is 0.279. The second-order valence-electron chi connectivity index (χ2n) is 4.19. The highest BCUT2D eigenvalue weighted by molar-refractivity contribution is 4.82. The summed E-state index contributed by atoms with van der Waals surface area (Å²) in [6, 6.07) is 0. The van der Waals surface area contributed by atoms with Crippen LogP contribution in [0.1, 0.15) is 34.1 Å². The van der Waals surface area contributed by atoms with Gasteiger partial charge in [-0.15, -0.1) is 0 Å². The molecule has 0 spiro atoms. The molecule has 0 aromatic rings. The molecule has 0 aliphatic carbocycles. The number of aliphatic hydroxyl groups is 3. The molecule has 0 heterocycles. The first-order valence-electron chi connectivity index (χ1n) is 3.76. The smallest absolute Gasteiger partial charge is 0.0850 e. The van der Waals surface area contributed by atoms with Crippen molar-refractivity contribution < 1.29 is 15.3 Å². The van der Waals surface area contributed by atoms with Crippen LogP contribution in [0, 0.1) is 0 Å². The number of hydrogen-bond donors (Lipinski definition) is 3. The van der Waals surface area contributed by atoms with Crippen molar-refractivity contribution in [1.29, 1.82) is 0 Å². The number of aliphatic hydroxyl groups excluding tert-OH is 1. The van der Waals surface area contributed by atoms with Crippen LogP contribution < -0.4 is 0 Å². The highest BCUT2D eigenvalue weighted by atomic mass is 16.3. The SMILES string of the molecule is CC(C)(O)C[C@@H](O)C(C)(C)O. The lowest BCUT2D eigenvalue weighted by Crippen LogP contribution is -2.41. The van der Waals surface area contributed by atoms with E-state index in [1.54, 1.807) is 13.8 Å². The molecule has 0 amide bonds. The zero-order chi connectivity index (χ0) is 9.28. The molecule has 0 aromatic heterocycles. The van der Waals surface area contributed by atoms with Gasteiger partial charge in [-0.3, -0.25) is 0 Å². The maximum atomic E-state index is 9.31. The minimum Gasteiger partial charge on any atom is -0.390 e. The summed E-state index contributed by atoms with van der Waals surface area (Å²) < 4.78 is 0. The molecule has 0 aliphatic heterocycles. The number of hydrogen-bond acceptors (Lipinski definition) is 3. The third kappa shape index (κ3) is 5.18. The average molecular weight is 162 g/mol. The summed E-state index contributed by atoms with van der Waals surface area (Å²) >= 11 is 0. The standard InChI is InChI=1S/C8H18O3/c1-7(2,10)5-6(9)8(3,4)11/h6,9-11H,5H2,1-4H3/t6-/m1/s1. The summed E-state index contributed by atoms with van der Waals surface area (Å²) in [5, 5.41) is 27.9. The van der Waals surface area contributed by atoms with E-state index in [9.17, 15) is 15.3 Å². The Bertz CT molecular complexity index is 118. The van der Waals surface area contributed by atoms with Crippen LogP contribution in [-0.2, 0) is 0 Å². The van der Waals surface area contributed by atoms with Gasteiger partial charge in [0, 0.05) is 6.42 Å². The molecular formula is C8H18O3. The molecule has 0 saturated heterocycles. The molecule has 3 nitrogen and oxygen atoms in total. The summed E-state index contributed by atoms with van der Waals surface area (Å²) in [5.41, 5.74) is -2.07. The van der Waals surface area contributed by atoms with Gasteiger partial charge in [-0.1, -0.05) is 0 Å². The molecule has 0 aromatic carbocycles. The topological polar surface area (TPSA) is 60.7 Å². The lowest BCUT2D eigenvalue weighted by Gasteiger charge is -2.29. The fraction of sp³-hybridized carbons (Fsp3) is 1.00. The molecule has 0 aliphatic rings. The highest BCUT2D eigenvalue weighted by Gasteiger charge is 2.29. The lowest BCUT2D eigenvalue weighted by molar-refractivity contribution is -0.0840. The molecule has 0 rings (SSSR count). The van der Waals surface area contributed by atoms with Crippen molar-refractivity contribution in [3.8, 4) is 0 Å². The van der Waals surface area contributed by atoms with Gasteiger partial charge in [-0.05, 0) is 27.7 Å². The molecule has 0 fully saturated rings. The average Bonchev–Trinajstić information content (AvgIpc) is 1.56. The first kappa shape index (κ1) is 10.9. The van der Waals surface area contributed by atoms with Crippen molar-refractivity contribution in [1.82, 2.24) is 0 Å². The van der Waals surface area contributed by atoms with E-state index in [2.05, 4.69) is 0 Å². The van der Waals surface area contributed by atoms with Gasteiger partial charge in [0.15, 0.2) is 0 Å². The van der Waals surface area contributed by atoms with Crippen molar-refractivity contribution in [2.45, 2.75) is 51.4 Å². The van der Waals surface area contributed by atoms with Gasteiger partial charge in [0.1, 0.15) is 0 Å². The molecule has 3 heteroatoms. The van der Waals surface area contributed by atoms with Gasteiger partial charge in [0.05, 0.1) is 17.3 Å². The summed E-state index contributed by atoms with van der Waals surface area (Å²) in [4.78, 5) is 0. The third-order valence-electron chi connectivity index (χ3n) is 1.51. The summed E-state index contributed by atoms with van der Waals surface area (Å²) in [6.45, 7) is 6.23. The molecule has 11 heavy (non-hydrogen) atoms. The Hall–Kier alpha value is -0.120. The summed E-state index contributed by atoms with van der Waals surface area (Å²) in [5.74, 6) is 0. The fourth-order valence-corrected chi connectivity index (χ4v) is 0.723. The first-order valence-corrected chi connectivity index (χ1v) is 3.76. The summed E-state index contributed by atoms with van der Waals surface area (Å²) in [7, 11) is 0. The van der Waals surface area contributed by atoms with Gasteiger partial charge in [-0.2, -0.15) is 0 Å².